The molecule has 3 unspecified atom stereocenters. The van der Waals surface area contributed by atoms with Crippen molar-refractivity contribution in [3.8, 4) is 5.75 Å². The molecule has 0 bridgehead atoms. The van der Waals surface area contributed by atoms with Gasteiger partial charge in [-0.2, -0.15) is 0 Å². The molecule has 2 aromatic carbocycles. The van der Waals surface area contributed by atoms with Gasteiger partial charge in [-0.3, -0.25) is 14.6 Å². The standard InChI is InChI=1S/C31H37Cl2NO3/c1-18(20-6-8-21(9-7-20)29(33)37)26-17-27(36)28(22-14-24(32)16-25(35)15-22)34-31(19(26)2)12-10-23(11-13-31)30(3,4)5/h6-9,14-16,18-19,23,26,35H,10-13,17H2,1-5H3. The van der Waals surface area contributed by atoms with Crippen LogP contribution >= 0.6 is 23.2 Å². The number of phenols is 1. The van der Waals surface area contributed by atoms with Crippen molar-refractivity contribution in [1.29, 1.82) is 0 Å². The van der Waals surface area contributed by atoms with Gasteiger partial charge in [0.15, 0.2) is 5.78 Å². The second kappa shape index (κ2) is 10.5. The summed E-state index contributed by atoms with van der Waals surface area (Å²) in [4.78, 5) is 30.7. The van der Waals surface area contributed by atoms with Crippen molar-refractivity contribution in [2.24, 2.45) is 28.2 Å². The minimum absolute atomic E-state index is 0.0206. The highest BCUT2D eigenvalue weighted by Gasteiger charge is 2.48. The third-order valence-corrected chi connectivity index (χ3v) is 9.48. The lowest BCUT2D eigenvalue weighted by Crippen LogP contribution is -2.44. The fraction of sp³-hybridized carbons (Fsp3) is 0.516. The highest BCUT2D eigenvalue weighted by atomic mass is 35.5. The molecule has 1 aliphatic heterocycles. The summed E-state index contributed by atoms with van der Waals surface area (Å²) in [7, 11) is 0. The van der Waals surface area contributed by atoms with E-state index in [-0.39, 0.29) is 40.2 Å². The van der Waals surface area contributed by atoms with Crippen LogP contribution in [0.5, 0.6) is 5.75 Å². The zero-order chi connectivity index (χ0) is 27.1. The summed E-state index contributed by atoms with van der Waals surface area (Å²) < 4.78 is 0. The van der Waals surface area contributed by atoms with Crippen LogP contribution < -0.4 is 0 Å². The maximum atomic E-state index is 13.8. The average molecular weight is 543 g/mol. The zero-order valence-corrected chi connectivity index (χ0v) is 23.9. The third-order valence-electron chi connectivity index (χ3n) is 9.05. The Kier molecular flexibility index (Phi) is 7.93. The molecule has 0 amide bonds. The number of halogens is 2. The molecule has 3 atom stereocenters. The molecule has 4 rings (SSSR count). The fourth-order valence-corrected chi connectivity index (χ4v) is 6.89. The predicted octanol–water partition coefficient (Wildman–Crippen LogP) is 8.22. The van der Waals surface area contributed by atoms with E-state index in [1.807, 2.05) is 12.1 Å². The van der Waals surface area contributed by atoms with E-state index in [2.05, 4.69) is 34.6 Å². The molecule has 6 heteroatoms. The van der Waals surface area contributed by atoms with E-state index < -0.39 is 5.24 Å². The Morgan fingerprint density at radius 2 is 1.73 bits per heavy atom. The minimum atomic E-state index is -0.477. The molecule has 1 spiro atoms. The molecule has 0 saturated heterocycles. The second-order valence-electron chi connectivity index (χ2n) is 12.2. The summed E-state index contributed by atoms with van der Waals surface area (Å²) in [6.07, 6.45) is 4.32. The third kappa shape index (κ3) is 5.81. The smallest absolute Gasteiger partial charge is 0.252 e. The first-order valence-corrected chi connectivity index (χ1v) is 14.0. The molecular weight excluding hydrogens is 505 g/mol. The average Bonchev–Trinajstić information content (AvgIpc) is 2.93. The summed E-state index contributed by atoms with van der Waals surface area (Å²) in [6, 6.07) is 12.2. The van der Waals surface area contributed by atoms with Crippen LogP contribution in [0.4, 0.5) is 0 Å². The highest BCUT2D eigenvalue weighted by Crippen LogP contribution is 2.51. The van der Waals surface area contributed by atoms with Crippen molar-refractivity contribution in [3.63, 3.8) is 0 Å². The van der Waals surface area contributed by atoms with E-state index in [4.69, 9.17) is 28.2 Å². The number of hydrogen-bond donors (Lipinski definition) is 1. The topological polar surface area (TPSA) is 66.7 Å². The van der Waals surface area contributed by atoms with Crippen molar-refractivity contribution in [2.75, 3.05) is 0 Å². The largest absolute Gasteiger partial charge is 0.508 e. The van der Waals surface area contributed by atoms with Gasteiger partial charge in [-0.1, -0.05) is 58.4 Å². The van der Waals surface area contributed by atoms with Crippen molar-refractivity contribution in [1.82, 2.24) is 0 Å². The molecule has 4 nitrogen and oxygen atoms in total. The molecule has 1 N–H and O–H groups in total. The highest BCUT2D eigenvalue weighted by molar-refractivity contribution is 6.67. The number of aromatic hydroxyl groups is 1. The molecule has 198 valence electrons. The van der Waals surface area contributed by atoms with Gasteiger partial charge in [0.2, 0.25) is 0 Å². The molecule has 2 aromatic rings. The SMILES string of the molecule is CC(c1ccc(C(=O)Cl)cc1)C1CC(=O)C(c2cc(O)cc(Cl)c2)=NC2(CCC(C(C)(C)C)CC2)C1C. The van der Waals surface area contributed by atoms with Crippen molar-refractivity contribution in [2.45, 2.75) is 78.2 Å². The number of ketones is 1. The number of nitrogens with zero attached hydrogens (tertiary/aromatic N) is 1. The van der Waals surface area contributed by atoms with Crippen LogP contribution in [-0.4, -0.2) is 27.4 Å². The van der Waals surface area contributed by atoms with Crippen molar-refractivity contribution in [3.05, 3.63) is 64.2 Å². The number of aliphatic imine (C=N–C) groups is 1. The number of Topliss-reactive ketones (excluding diaryl/α,β-unsaturated/α-hetero) is 1. The fourth-order valence-electron chi connectivity index (χ4n) is 6.53. The van der Waals surface area contributed by atoms with Crippen LogP contribution in [0.2, 0.25) is 5.02 Å². The molecule has 1 heterocycles. The van der Waals surface area contributed by atoms with Gasteiger partial charge in [0.1, 0.15) is 11.5 Å². The number of carbonyl (C=O) groups is 2. The van der Waals surface area contributed by atoms with E-state index in [0.717, 1.165) is 31.2 Å². The van der Waals surface area contributed by atoms with E-state index in [1.54, 1.807) is 24.3 Å². The lowest BCUT2D eigenvalue weighted by Gasteiger charge is -2.47. The maximum Gasteiger partial charge on any atom is 0.252 e. The number of rotatable bonds is 4. The predicted molar refractivity (Wildman–Crippen MR) is 151 cm³/mol. The number of carbonyl (C=O) groups excluding carboxylic acids is 2. The van der Waals surface area contributed by atoms with Crippen LogP contribution in [0.3, 0.4) is 0 Å². The van der Waals surface area contributed by atoms with Crippen LogP contribution in [0, 0.1) is 23.2 Å². The quantitative estimate of drug-likeness (QED) is 0.396. The molecule has 0 aromatic heterocycles. The summed E-state index contributed by atoms with van der Waals surface area (Å²) in [5.74, 6) is 0.914. The number of benzene rings is 2. The second-order valence-corrected chi connectivity index (χ2v) is 12.9. The van der Waals surface area contributed by atoms with Gasteiger partial charge >= 0.3 is 0 Å². The van der Waals surface area contributed by atoms with E-state index in [9.17, 15) is 14.7 Å². The monoisotopic (exact) mass is 541 g/mol. The molecule has 2 aliphatic rings. The molecule has 1 saturated carbocycles. The van der Waals surface area contributed by atoms with Gasteiger partial charge in [-0.25, -0.2) is 0 Å². The van der Waals surface area contributed by atoms with Crippen LogP contribution in [-0.2, 0) is 4.79 Å². The zero-order valence-electron chi connectivity index (χ0n) is 22.4. The van der Waals surface area contributed by atoms with E-state index >= 15 is 0 Å². The van der Waals surface area contributed by atoms with Crippen LogP contribution in [0.15, 0.2) is 47.5 Å². The molecule has 37 heavy (non-hydrogen) atoms. The van der Waals surface area contributed by atoms with Gasteiger partial charge < -0.3 is 5.11 Å². The Bertz CT molecular complexity index is 1180. The molecule has 1 fully saturated rings. The Morgan fingerprint density at radius 1 is 1.11 bits per heavy atom. The Balaban J connectivity index is 1.76. The number of hydrogen-bond acceptors (Lipinski definition) is 4. The van der Waals surface area contributed by atoms with Gasteiger partial charge in [0.05, 0.1) is 5.54 Å². The summed E-state index contributed by atoms with van der Waals surface area (Å²) in [6.45, 7) is 11.3. The van der Waals surface area contributed by atoms with Gasteiger partial charge in [0.25, 0.3) is 5.24 Å². The first-order valence-electron chi connectivity index (χ1n) is 13.2. The molecule has 1 aliphatic carbocycles. The Labute approximate surface area is 230 Å². The molecule has 0 radical (unpaired) electrons. The van der Waals surface area contributed by atoms with Crippen molar-refractivity contribution >= 4 is 39.9 Å². The lowest BCUT2D eigenvalue weighted by atomic mass is 9.60. The number of phenolic OH excluding ortho intramolecular Hbond substituents is 1. The first-order chi connectivity index (χ1) is 17.3. The summed E-state index contributed by atoms with van der Waals surface area (Å²) >= 11 is 11.9. The maximum absolute atomic E-state index is 13.8. The molecular formula is C31H37Cl2NO3. The lowest BCUT2D eigenvalue weighted by molar-refractivity contribution is -0.114. The van der Waals surface area contributed by atoms with Gasteiger partial charge in [-0.15, -0.1) is 0 Å². The Morgan fingerprint density at radius 3 is 2.27 bits per heavy atom. The van der Waals surface area contributed by atoms with Gasteiger partial charge in [0, 0.05) is 22.6 Å². The first kappa shape index (κ1) is 27.9. The van der Waals surface area contributed by atoms with Crippen molar-refractivity contribution < 1.29 is 14.7 Å². The van der Waals surface area contributed by atoms with Gasteiger partial charge in [-0.05, 0) is 102 Å². The van der Waals surface area contributed by atoms with Crippen LogP contribution in [0.25, 0.3) is 0 Å². The Hall–Kier alpha value is -2.17. The normalized spacial score (nSPS) is 27.5. The van der Waals surface area contributed by atoms with E-state index in [1.165, 1.54) is 6.07 Å². The summed E-state index contributed by atoms with van der Waals surface area (Å²) in [5, 5.41) is 10.1. The van der Waals surface area contributed by atoms with Crippen LogP contribution in [0.1, 0.15) is 94.1 Å². The minimum Gasteiger partial charge on any atom is -0.508 e. The summed E-state index contributed by atoms with van der Waals surface area (Å²) in [5.41, 5.74) is 2.41. The van der Waals surface area contributed by atoms with E-state index in [0.29, 0.717) is 34.2 Å².